The number of benzene rings is 2. The highest BCUT2D eigenvalue weighted by Gasteiger charge is 2.13. The second kappa shape index (κ2) is 4.33. The third kappa shape index (κ3) is 2.04. The number of hydrogen-bond acceptors (Lipinski definition) is 2. The fourth-order valence-corrected chi connectivity index (χ4v) is 1.55. The Kier molecular flexibility index (Phi) is 2.88. The summed E-state index contributed by atoms with van der Waals surface area (Å²) in [6.45, 7) is 0. The third-order valence-electron chi connectivity index (χ3n) is 2.45. The normalized spacial score (nSPS) is 12.4. The molecule has 0 spiro atoms. The van der Waals surface area contributed by atoms with Crippen LogP contribution >= 0.6 is 0 Å². The van der Waals surface area contributed by atoms with Crippen molar-refractivity contribution in [2.45, 2.75) is 6.10 Å². The van der Waals surface area contributed by atoms with E-state index in [1.807, 2.05) is 0 Å². The number of hydrogen-bond donors (Lipinski definition) is 2. The van der Waals surface area contributed by atoms with Crippen LogP contribution < -0.4 is 5.73 Å². The molecule has 2 nitrogen and oxygen atoms in total. The number of nitrogens with two attached hydrogens (primary N) is 1. The zero-order valence-corrected chi connectivity index (χ0v) is 8.60. The molecule has 0 aliphatic carbocycles. The number of aliphatic hydroxyl groups is 1. The highest BCUT2D eigenvalue weighted by atomic mass is 19.1. The predicted octanol–water partition coefficient (Wildman–Crippen LogP) is 2.49. The van der Waals surface area contributed by atoms with Crippen LogP contribution in [0.15, 0.2) is 48.5 Å². The van der Waals surface area contributed by atoms with Crippen LogP contribution in [0.1, 0.15) is 17.2 Å². The highest BCUT2D eigenvalue weighted by Crippen LogP contribution is 2.24. The fourth-order valence-electron chi connectivity index (χ4n) is 1.55. The van der Waals surface area contributed by atoms with Gasteiger partial charge in [0.1, 0.15) is 11.9 Å². The molecule has 3 heteroatoms. The van der Waals surface area contributed by atoms with Crippen molar-refractivity contribution in [3.63, 3.8) is 0 Å². The van der Waals surface area contributed by atoms with Gasteiger partial charge in [-0.3, -0.25) is 0 Å². The standard InChI is InChI=1S/C13H12FNO/c14-12-4-2-1-3-11(12)13(16)9-5-7-10(15)8-6-9/h1-8,13,16H,15H2. The van der Waals surface area contributed by atoms with E-state index in [4.69, 9.17) is 5.73 Å². The van der Waals surface area contributed by atoms with Gasteiger partial charge in [-0.15, -0.1) is 0 Å². The van der Waals surface area contributed by atoms with Gasteiger partial charge in [0, 0.05) is 11.3 Å². The Labute approximate surface area is 93.2 Å². The van der Waals surface area contributed by atoms with Crippen molar-refractivity contribution in [3.8, 4) is 0 Å². The maximum absolute atomic E-state index is 13.4. The molecule has 0 fully saturated rings. The number of rotatable bonds is 2. The summed E-state index contributed by atoms with van der Waals surface area (Å²) in [4.78, 5) is 0. The fraction of sp³-hybridized carbons (Fsp3) is 0.0769. The van der Waals surface area contributed by atoms with E-state index in [-0.39, 0.29) is 5.56 Å². The van der Waals surface area contributed by atoms with Crippen LogP contribution in [-0.4, -0.2) is 5.11 Å². The third-order valence-corrected chi connectivity index (χ3v) is 2.45. The predicted molar refractivity (Wildman–Crippen MR) is 61.3 cm³/mol. The van der Waals surface area contributed by atoms with Gasteiger partial charge < -0.3 is 10.8 Å². The van der Waals surface area contributed by atoms with E-state index in [1.54, 1.807) is 42.5 Å². The summed E-state index contributed by atoms with van der Waals surface area (Å²) in [5.41, 5.74) is 7.05. The van der Waals surface area contributed by atoms with Crippen molar-refractivity contribution in [2.75, 3.05) is 5.73 Å². The molecule has 0 aliphatic rings. The number of nitrogen functional groups attached to an aromatic ring is 1. The summed E-state index contributed by atoms with van der Waals surface area (Å²) in [7, 11) is 0. The van der Waals surface area contributed by atoms with Gasteiger partial charge in [0.15, 0.2) is 0 Å². The van der Waals surface area contributed by atoms with Gasteiger partial charge in [-0.05, 0) is 23.8 Å². The average molecular weight is 217 g/mol. The zero-order chi connectivity index (χ0) is 11.5. The Morgan fingerprint density at radius 3 is 2.25 bits per heavy atom. The summed E-state index contributed by atoms with van der Waals surface area (Å²) in [5, 5.41) is 9.98. The SMILES string of the molecule is Nc1ccc(C(O)c2ccccc2F)cc1. The van der Waals surface area contributed by atoms with Gasteiger partial charge in [-0.1, -0.05) is 30.3 Å². The van der Waals surface area contributed by atoms with Gasteiger partial charge in [-0.25, -0.2) is 4.39 Å². The topological polar surface area (TPSA) is 46.2 Å². The second-order valence-electron chi connectivity index (χ2n) is 3.59. The number of halogens is 1. The Balaban J connectivity index is 2.35. The smallest absolute Gasteiger partial charge is 0.129 e. The molecule has 0 heterocycles. The van der Waals surface area contributed by atoms with E-state index in [0.717, 1.165) is 0 Å². The molecule has 0 aromatic heterocycles. The lowest BCUT2D eigenvalue weighted by atomic mass is 10.0. The molecule has 0 aliphatic heterocycles. The molecule has 2 aromatic carbocycles. The van der Waals surface area contributed by atoms with Crippen LogP contribution in [0.3, 0.4) is 0 Å². The first kappa shape index (κ1) is 10.6. The Bertz CT molecular complexity index is 482. The van der Waals surface area contributed by atoms with Gasteiger partial charge >= 0.3 is 0 Å². The van der Waals surface area contributed by atoms with E-state index in [0.29, 0.717) is 11.3 Å². The van der Waals surface area contributed by atoms with Crippen LogP contribution in [-0.2, 0) is 0 Å². The lowest BCUT2D eigenvalue weighted by molar-refractivity contribution is 0.215. The lowest BCUT2D eigenvalue weighted by Crippen LogP contribution is -2.02. The molecule has 0 bridgehead atoms. The van der Waals surface area contributed by atoms with Crippen LogP contribution in [0, 0.1) is 5.82 Å². The van der Waals surface area contributed by atoms with Gasteiger partial charge in [-0.2, -0.15) is 0 Å². The molecular formula is C13H12FNO. The molecule has 0 saturated carbocycles. The molecule has 0 saturated heterocycles. The number of aliphatic hydroxyl groups excluding tert-OH is 1. The van der Waals surface area contributed by atoms with Crippen molar-refractivity contribution in [2.24, 2.45) is 0 Å². The molecule has 82 valence electrons. The maximum atomic E-state index is 13.4. The summed E-state index contributed by atoms with van der Waals surface area (Å²) in [5.74, 6) is -0.410. The van der Waals surface area contributed by atoms with Crippen LogP contribution in [0.25, 0.3) is 0 Å². The Morgan fingerprint density at radius 1 is 1.00 bits per heavy atom. The van der Waals surface area contributed by atoms with E-state index >= 15 is 0 Å². The van der Waals surface area contributed by atoms with E-state index in [9.17, 15) is 9.50 Å². The quantitative estimate of drug-likeness (QED) is 0.759. The van der Waals surface area contributed by atoms with Crippen LogP contribution in [0.2, 0.25) is 0 Å². The van der Waals surface area contributed by atoms with E-state index in [1.165, 1.54) is 6.07 Å². The monoisotopic (exact) mass is 217 g/mol. The molecule has 2 aromatic rings. The average Bonchev–Trinajstić information content (AvgIpc) is 2.30. The molecule has 3 N–H and O–H groups in total. The van der Waals surface area contributed by atoms with E-state index in [2.05, 4.69) is 0 Å². The van der Waals surface area contributed by atoms with Crippen molar-refractivity contribution in [3.05, 3.63) is 65.5 Å². The minimum atomic E-state index is -0.957. The molecule has 1 atom stereocenters. The first-order valence-corrected chi connectivity index (χ1v) is 4.96. The zero-order valence-electron chi connectivity index (χ0n) is 8.60. The first-order chi connectivity index (χ1) is 7.68. The molecular weight excluding hydrogens is 205 g/mol. The Morgan fingerprint density at radius 2 is 1.62 bits per heavy atom. The molecule has 16 heavy (non-hydrogen) atoms. The van der Waals surface area contributed by atoms with Gasteiger partial charge in [0.25, 0.3) is 0 Å². The maximum Gasteiger partial charge on any atom is 0.129 e. The van der Waals surface area contributed by atoms with Gasteiger partial charge in [0.2, 0.25) is 0 Å². The van der Waals surface area contributed by atoms with Gasteiger partial charge in [0.05, 0.1) is 0 Å². The largest absolute Gasteiger partial charge is 0.399 e. The minimum Gasteiger partial charge on any atom is -0.399 e. The first-order valence-electron chi connectivity index (χ1n) is 4.96. The van der Waals surface area contributed by atoms with Crippen LogP contribution in [0.4, 0.5) is 10.1 Å². The lowest BCUT2D eigenvalue weighted by Gasteiger charge is -2.12. The van der Waals surface area contributed by atoms with Crippen molar-refractivity contribution in [1.29, 1.82) is 0 Å². The van der Waals surface area contributed by atoms with Crippen molar-refractivity contribution < 1.29 is 9.50 Å². The Hall–Kier alpha value is -1.87. The number of anilines is 1. The highest BCUT2D eigenvalue weighted by molar-refractivity contribution is 5.41. The van der Waals surface area contributed by atoms with Crippen molar-refractivity contribution >= 4 is 5.69 Å². The summed E-state index contributed by atoms with van der Waals surface area (Å²) < 4.78 is 13.4. The summed E-state index contributed by atoms with van der Waals surface area (Å²) in [6, 6.07) is 12.9. The second-order valence-corrected chi connectivity index (χ2v) is 3.59. The minimum absolute atomic E-state index is 0.271. The van der Waals surface area contributed by atoms with Crippen LogP contribution in [0.5, 0.6) is 0 Å². The molecule has 1 unspecified atom stereocenters. The van der Waals surface area contributed by atoms with Crippen molar-refractivity contribution in [1.82, 2.24) is 0 Å². The van der Waals surface area contributed by atoms with E-state index < -0.39 is 11.9 Å². The molecule has 2 rings (SSSR count). The molecule has 0 radical (unpaired) electrons. The summed E-state index contributed by atoms with van der Waals surface area (Å²) >= 11 is 0. The summed E-state index contributed by atoms with van der Waals surface area (Å²) in [6.07, 6.45) is -0.957. The molecule has 0 amide bonds.